The summed E-state index contributed by atoms with van der Waals surface area (Å²) in [5, 5.41) is 0. The van der Waals surface area contributed by atoms with E-state index in [1.54, 1.807) is 3.51 Å². The van der Waals surface area contributed by atoms with E-state index in [2.05, 4.69) is 77.2 Å². The van der Waals surface area contributed by atoms with Crippen LogP contribution in [0.2, 0.25) is 0 Å². The van der Waals surface area contributed by atoms with Crippen molar-refractivity contribution in [2.45, 2.75) is 0 Å². The summed E-state index contributed by atoms with van der Waals surface area (Å²) in [5.74, 6) is 0. The molecule has 0 aliphatic heterocycles. The average Bonchev–Trinajstić information content (AvgIpc) is 1.88. The Morgan fingerprint density at radius 3 is 2.00 bits per heavy atom. The van der Waals surface area contributed by atoms with E-state index in [1.165, 1.54) is 4.47 Å². The third-order valence-corrected chi connectivity index (χ3v) is 11.0. The number of hydrogen-bond donors (Lipinski definition) is 0. The molecule has 0 fully saturated rings. The van der Waals surface area contributed by atoms with Crippen LogP contribution in [-0.4, -0.2) is 12.2 Å². The standard InChI is InChI=1S/C6H4Br.2HI.Sb/c7-6-4-2-1-3-5-6;;;/h2-5H;2*1H;/q;;;+2/p-2. The van der Waals surface area contributed by atoms with Crippen LogP contribution in [-0.2, 0) is 0 Å². The molecule has 0 aromatic heterocycles. The number of hydrogen-bond acceptors (Lipinski definition) is 0. The van der Waals surface area contributed by atoms with Gasteiger partial charge in [-0.3, -0.25) is 0 Å². The molecule has 0 saturated heterocycles. The van der Waals surface area contributed by atoms with Gasteiger partial charge >= 0.3 is 97.4 Å². The van der Waals surface area contributed by atoms with E-state index < -0.39 is 12.2 Å². The van der Waals surface area contributed by atoms with Crippen molar-refractivity contribution in [1.29, 1.82) is 0 Å². The van der Waals surface area contributed by atoms with Crippen molar-refractivity contribution in [2.24, 2.45) is 0 Å². The van der Waals surface area contributed by atoms with Crippen LogP contribution in [0.3, 0.4) is 0 Å². The molecule has 4 heteroatoms. The predicted octanol–water partition coefficient (Wildman–Crippen LogP) is 3.01. The van der Waals surface area contributed by atoms with Gasteiger partial charge in [0.05, 0.1) is 0 Å². The first-order chi connectivity index (χ1) is 4.70. The Balaban J connectivity index is 2.89. The van der Waals surface area contributed by atoms with E-state index >= 15 is 0 Å². The topological polar surface area (TPSA) is 0 Å². The number of rotatable bonds is 1. The third-order valence-electron chi connectivity index (χ3n) is 1.02. The summed E-state index contributed by atoms with van der Waals surface area (Å²) < 4.78 is 2.72. The van der Waals surface area contributed by atoms with Crippen LogP contribution in [0.15, 0.2) is 28.7 Å². The zero-order valence-electron chi connectivity index (χ0n) is 4.89. The van der Waals surface area contributed by atoms with Crippen molar-refractivity contribution in [1.82, 2.24) is 0 Å². The van der Waals surface area contributed by atoms with Crippen molar-refractivity contribution in [3.63, 3.8) is 0 Å². The molecule has 0 aliphatic carbocycles. The molecule has 0 N–H and O–H groups in total. The minimum atomic E-state index is -1.02. The van der Waals surface area contributed by atoms with Gasteiger partial charge < -0.3 is 0 Å². The molecule has 0 unspecified atom stereocenters. The summed E-state index contributed by atoms with van der Waals surface area (Å²) in [6, 6.07) is 8.66. The summed E-state index contributed by atoms with van der Waals surface area (Å²) in [6.45, 7) is 0. The molecule has 0 bridgehead atoms. The Bertz CT molecular complexity index is 209. The van der Waals surface area contributed by atoms with Gasteiger partial charge in [0, 0.05) is 0 Å². The fourth-order valence-electron chi connectivity index (χ4n) is 0.554. The molecule has 0 atom stereocenters. The zero-order chi connectivity index (χ0) is 7.56. The molecule has 0 nitrogen and oxygen atoms in total. The van der Waals surface area contributed by atoms with Gasteiger partial charge in [0.2, 0.25) is 0 Å². The van der Waals surface area contributed by atoms with Gasteiger partial charge in [0.15, 0.2) is 0 Å². The van der Waals surface area contributed by atoms with Gasteiger partial charge in [-0.25, -0.2) is 0 Å². The SMILES string of the molecule is Brc1cc[c]([Sb]([I])[I])cc1. The van der Waals surface area contributed by atoms with Crippen molar-refractivity contribution in [2.75, 3.05) is 0 Å². The van der Waals surface area contributed by atoms with Crippen LogP contribution in [0, 0.1) is 0 Å². The van der Waals surface area contributed by atoms with Crippen LogP contribution < -0.4 is 3.51 Å². The summed E-state index contributed by atoms with van der Waals surface area (Å²) >= 11 is 7.54. The molecule has 0 spiro atoms. The molecule has 54 valence electrons. The Hall–Kier alpha value is 1.98. The van der Waals surface area contributed by atoms with Crippen LogP contribution in [0.25, 0.3) is 0 Å². The van der Waals surface area contributed by atoms with Crippen LogP contribution in [0.5, 0.6) is 0 Å². The van der Waals surface area contributed by atoms with Gasteiger partial charge in [-0.15, -0.1) is 0 Å². The van der Waals surface area contributed by atoms with Crippen molar-refractivity contribution in [3.8, 4) is 0 Å². The maximum absolute atomic E-state index is 3.41. The van der Waals surface area contributed by atoms with Gasteiger partial charge in [-0.05, 0) is 0 Å². The second-order valence-corrected chi connectivity index (χ2v) is 30.8. The molecule has 10 heavy (non-hydrogen) atoms. The normalized spacial score (nSPS) is 10.4. The van der Waals surface area contributed by atoms with E-state index in [4.69, 9.17) is 0 Å². The second-order valence-electron chi connectivity index (χ2n) is 1.71. The molecule has 0 aliphatic rings. The summed E-state index contributed by atoms with van der Waals surface area (Å²) in [6.07, 6.45) is 0. The molecule has 0 saturated carbocycles. The Kier molecular flexibility index (Phi) is 4.90. The van der Waals surface area contributed by atoms with Crippen LogP contribution in [0.4, 0.5) is 0 Å². The van der Waals surface area contributed by atoms with Crippen LogP contribution in [0.1, 0.15) is 0 Å². The molecule has 0 amide bonds. The van der Waals surface area contributed by atoms with E-state index in [9.17, 15) is 0 Å². The van der Waals surface area contributed by atoms with Crippen molar-refractivity contribution in [3.05, 3.63) is 28.7 Å². The van der Waals surface area contributed by atoms with Gasteiger partial charge in [-0.2, -0.15) is 0 Å². The van der Waals surface area contributed by atoms with E-state index in [0.29, 0.717) is 0 Å². The van der Waals surface area contributed by atoms with Gasteiger partial charge in [0.25, 0.3) is 0 Å². The maximum atomic E-state index is 3.41. The van der Waals surface area contributed by atoms with Crippen molar-refractivity contribution >= 4 is 68.6 Å². The van der Waals surface area contributed by atoms with Crippen molar-refractivity contribution < 1.29 is 0 Å². The molecular weight excluding hydrogens is 528 g/mol. The molecule has 1 rings (SSSR count). The summed E-state index contributed by atoms with van der Waals surface area (Å²) in [5.41, 5.74) is 0. The van der Waals surface area contributed by atoms with E-state index in [-0.39, 0.29) is 0 Å². The molecular formula is C6H4BrI2Sb. The third kappa shape index (κ3) is 3.15. The second kappa shape index (κ2) is 4.87. The predicted molar refractivity (Wildman–Crippen MR) is 67.6 cm³/mol. The van der Waals surface area contributed by atoms with Crippen LogP contribution >= 0.6 is 52.9 Å². The summed E-state index contributed by atoms with van der Waals surface area (Å²) in [4.78, 5) is 0. The monoisotopic (exact) mass is 530 g/mol. The quantitative estimate of drug-likeness (QED) is 0.386. The molecule has 1 aromatic rings. The Morgan fingerprint density at radius 1 is 1.10 bits per heavy atom. The molecule has 0 heterocycles. The Morgan fingerprint density at radius 2 is 1.60 bits per heavy atom. The minimum absolute atomic E-state index is 1.02. The van der Waals surface area contributed by atoms with Gasteiger partial charge in [-0.1, -0.05) is 0 Å². The number of benzene rings is 1. The molecule has 1 aromatic carbocycles. The van der Waals surface area contributed by atoms with E-state index in [0.717, 1.165) is 0 Å². The molecule has 0 radical (unpaired) electrons. The number of halogens is 3. The summed E-state index contributed by atoms with van der Waals surface area (Å²) in [7, 11) is 0. The van der Waals surface area contributed by atoms with Gasteiger partial charge in [0.1, 0.15) is 0 Å². The fraction of sp³-hybridized carbons (Fsp3) is 0. The average molecular weight is 532 g/mol. The fourth-order valence-corrected chi connectivity index (χ4v) is 6.20. The van der Waals surface area contributed by atoms with E-state index in [1.807, 2.05) is 0 Å². The zero-order valence-corrected chi connectivity index (χ0v) is 13.3. The first-order valence-electron chi connectivity index (χ1n) is 2.57. The first kappa shape index (κ1) is 10.1. The Labute approximate surface area is 95.4 Å². The first-order valence-corrected chi connectivity index (χ1v) is 19.5.